The summed E-state index contributed by atoms with van der Waals surface area (Å²) in [6, 6.07) is 7.87. The molecule has 1 heterocycles. The Morgan fingerprint density at radius 1 is 1.33 bits per heavy atom. The zero-order valence-corrected chi connectivity index (χ0v) is 14.4. The van der Waals surface area contributed by atoms with Crippen molar-refractivity contribution in [3.05, 3.63) is 68.9 Å². The Labute approximate surface area is 145 Å². The third-order valence-electron chi connectivity index (χ3n) is 3.41. The summed E-state index contributed by atoms with van der Waals surface area (Å²) < 4.78 is 1.54. The molecule has 5 nitrogen and oxygen atoms in total. The molecular formula is C18H19N3O2S. The second-order valence-electron chi connectivity index (χ2n) is 5.34. The maximum absolute atomic E-state index is 12.0. The fraction of sp³-hybridized carbons (Fsp3) is 0.167. The normalized spacial score (nSPS) is 9.92. The average molecular weight is 341 g/mol. The maximum Gasteiger partial charge on any atom is 0.263 e. The molecule has 0 spiro atoms. The van der Waals surface area contributed by atoms with Gasteiger partial charge in [0, 0.05) is 26.3 Å². The van der Waals surface area contributed by atoms with Gasteiger partial charge in [0.25, 0.3) is 5.56 Å². The van der Waals surface area contributed by atoms with Crippen molar-refractivity contribution < 1.29 is 5.11 Å². The molecule has 2 rings (SSSR count). The van der Waals surface area contributed by atoms with Crippen LogP contribution < -0.4 is 10.5 Å². The van der Waals surface area contributed by atoms with E-state index in [-0.39, 0.29) is 16.2 Å². The van der Waals surface area contributed by atoms with E-state index < -0.39 is 5.56 Å². The minimum absolute atomic E-state index is 0.103. The van der Waals surface area contributed by atoms with Crippen LogP contribution in [0.4, 0.5) is 5.69 Å². The van der Waals surface area contributed by atoms with Gasteiger partial charge < -0.3 is 10.0 Å². The van der Waals surface area contributed by atoms with E-state index in [4.69, 9.17) is 12.2 Å². The summed E-state index contributed by atoms with van der Waals surface area (Å²) >= 11 is 5.03. The molecule has 0 saturated heterocycles. The average Bonchev–Trinajstić information content (AvgIpc) is 2.55. The number of allylic oxidation sites excluding steroid dienone is 1. The topological polar surface area (TPSA) is 61.3 Å². The van der Waals surface area contributed by atoms with Gasteiger partial charge in [-0.1, -0.05) is 18.2 Å². The zero-order valence-electron chi connectivity index (χ0n) is 13.6. The van der Waals surface area contributed by atoms with Crippen LogP contribution >= 0.6 is 12.2 Å². The summed E-state index contributed by atoms with van der Waals surface area (Å²) in [5.74, 6) is -0.201. The van der Waals surface area contributed by atoms with Crippen LogP contribution in [-0.2, 0) is 6.54 Å². The Kier molecular flexibility index (Phi) is 5.58. The van der Waals surface area contributed by atoms with Crippen molar-refractivity contribution in [2.45, 2.75) is 6.54 Å². The second-order valence-corrected chi connectivity index (χ2v) is 5.72. The van der Waals surface area contributed by atoms with E-state index in [2.05, 4.69) is 17.3 Å². The van der Waals surface area contributed by atoms with Gasteiger partial charge in [-0.3, -0.25) is 14.3 Å². The molecule has 2 N–H and O–H groups in total. The van der Waals surface area contributed by atoms with Gasteiger partial charge in [-0.05, 0) is 42.1 Å². The Hall–Kier alpha value is -2.82. The number of benzene rings is 1. The third-order valence-corrected chi connectivity index (χ3v) is 3.73. The minimum Gasteiger partial charge on any atom is -0.494 e. The molecule has 1 aromatic heterocycles. The van der Waals surface area contributed by atoms with Crippen LogP contribution in [0.3, 0.4) is 0 Å². The van der Waals surface area contributed by atoms with Gasteiger partial charge in [-0.15, -0.1) is 12.3 Å². The SMILES string of the molecule is C=CCn1c(O)c(C=C=Cc2ccc(N(C)C)cc2)c(=O)[nH]c1=S. The fourth-order valence-electron chi connectivity index (χ4n) is 2.09. The standard InChI is InChI=1S/C18H19N3O2S/c1-4-12-21-17(23)15(16(22)19-18(21)24)7-5-6-13-8-10-14(11-9-13)20(2)3/h4,6-11,23H,1,12H2,2-3H3,(H,19,22,24). The highest BCUT2D eigenvalue weighted by molar-refractivity contribution is 7.71. The summed E-state index contributed by atoms with van der Waals surface area (Å²) in [6.07, 6.45) is 4.75. The van der Waals surface area contributed by atoms with Crippen LogP contribution in [0.5, 0.6) is 5.88 Å². The fourth-order valence-corrected chi connectivity index (χ4v) is 2.35. The summed E-state index contributed by atoms with van der Waals surface area (Å²) in [4.78, 5) is 16.5. The number of rotatable bonds is 5. The van der Waals surface area contributed by atoms with Crippen molar-refractivity contribution in [3.63, 3.8) is 0 Å². The van der Waals surface area contributed by atoms with Gasteiger partial charge in [-0.2, -0.15) is 0 Å². The van der Waals surface area contributed by atoms with Crippen LogP contribution in [0.15, 0.2) is 47.4 Å². The van der Waals surface area contributed by atoms with Crippen LogP contribution in [-0.4, -0.2) is 28.8 Å². The number of anilines is 1. The predicted octanol–water partition coefficient (Wildman–Crippen LogP) is 3.19. The first kappa shape index (κ1) is 17.5. The number of aromatic amines is 1. The third kappa shape index (κ3) is 3.93. The molecule has 0 unspecified atom stereocenters. The van der Waals surface area contributed by atoms with E-state index in [1.54, 1.807) is 12.2 Å². The summed E-state index contributed by atoms with van der Waals surface area (Å²) in [6.45, 7) is 3.91. The molecule has 0 radical (unpaired) electrons. The van der Waals surface area contributed by atoms with Crippen molar-refractivity contribution in [2.75, 3.05) is 19.0 Å². The highest BCUT2D eigenvalue weighted by Gasteiger charge is 2.08. The zero-order chi connectivity index (χ0) is 17.7. The summed E-state index contributed by atoms with van der Waals surface area (Å²) in [5.41, 5.74) is 4.60. The molecule has 124 valence electrons. The molecule has 0 atom stereocenters. The molecule has 0 fully saturated rings. The quantitative estimate of drug-likeness (QED) is 0.498. The van der Waals surface area contributed by atoms with Gasteiger partial charge in [0.2, 0.25) is 5.88 Å². The number of nitrogens with one attached hydrogen (secondary N) is 1. The van der Waals surface area contributed by atoms with Gasteiger partial charge in [0.15, 0.2) is 4.77 Å². The lowest BCUT2D eigenvalue weighted by Gasteiger charge is -2.11. The molecule has 0 amide bonds. The number of H-pyrrole nitrogens is 1. The van der Waals surface area contributed by atoms with E-state index in [0.29, 0.717) is 6.54 Å². The lowest BCUT2D eigenvalue weighted by molar-refractivity contribution is 0.413. The molecule has 6 heteroatoms. The highest BCUT2D eigenvalue weighted by atomic mass is 32.1. The van der Waals surface area contributed by atoms with Gasteiger partial charge >= 0.3 is 0 Å². The first-order valence-corrected chi connectivity index (χ1v) is 7.71. The van der Waals surface area contributed by atoms with E-state index >= 15 is 0 Å². The molecule has 0 aliphatic rings. The second kappa shape index (κ2) is 7.64. The van der Waals surface area contributed by atoms with E-state index in [1.807, 2.05) is 43.3 Å². The van der Waals surface area contributed by atoms with E-state index in [9.17, 15) is 9.90 Å². The van der Waals surface area contributed by atoms with E-state index in [0.717, 1.165) is 11.3 Å². The number of aromatic nitrogens is 2. The Morgan fingerprint density at radius 3 is 2.58 bits per heavy atom. The number of hydrogen-bond acceptors (Lipinski definition) is 4. The maximum atomic E-state index is 12.0. The molecule has 1 aromatic carbocycles. The molecule has 0 aliphatic heterocycles. The highest BCUT2D eigenvalue weighted by Crippen LogP contribution is 2.15. The molecule has 0 aliphatic carbocycles. The van der Waals surface area contributed by atoms with E-state index in [1.165, 1.54) is 10.6 Å². The molecule has 2 aromatic rings. The van der Waals surface area contributed by atoms with Crippen molar-refractivity contribution in [2.24, 2.45) is 0 Å². The predicted molar refractivity (Wildman–Crippen MR) is 101 cm³/mol. The van der Waals surface area contributed by atoms with Gasteiger partial charge in [0.1, 0.15) is 5.56 Å². The van der Waals surface area contributed by atoms with Crippen LogP contribution in [0, 0.1) is 4.77 Å². The van der Waals surface area contributed by atoms with Crippen molar-refractivity contribution in [3.8, 4) is 5.88 Å². The number of nitrogens with zero attached hydrogens (tertiary/aromatic N) is 2. The molecule has 0 saturated carbocycles. The van der Waals surface area contributed by atoms with Crippen LogP contribution in [0.1, 0.15) is 11.1 Å². The van der Waals surface area contributed by atoms with Gasteiger partial charge in [0.05, 0.1) is 0 Å². The van der Waals surface area contributed by atoms with Crippen molar-refractivity contribution in [1.29, 1.82) is 0 Å². The largest absolute Gasteiger partial charge is 0.494 e. The Morgan fingerprint density at radius 2 is 2.00 bits per heavy atom. The van der Waals surface area contributed by atoms with Crippen molar-refractivity contribution >= 4 is 30.1 Å². The molecule has 24 heavy (non-hydrogen) atoms. The number of hydrogen-bond donors (Lipinski definition) is 2. The monoisotopic (exact) mass is 341 g/mol. The first-order chi connectivity index (χ1) is 11.4. The van der Waals surface area contributed by atoms with Gasteiger partial charge in [-0.25, -0.2) is 0 Å². The lowest BCUT2D eigenvalue weighted by Crippen LogP contribution is -2.16. The lowest BCUT2D eigenvalue weighted by atomic mass is 10.2. The Bertz CT molecular complexity index is 915. The number of aromatic hydroxyl groups is 1. The summed E-state index contributed by atoms with van der Waals surface area (Å²) in [7, 11) is 3.95. The minimum atomic E-state index is -0.457. The van der Waals surface area contributed by atoms with Crippen molar-refractivity contribution in [1.82, 2.24) is 9.55 Å². The smallest absolute Gasteiger partial charge is 0.263 e. The first-order valence-electron chi connectivity index (χ1n) is 7.31. The molecule has 0 bridgehead atoms. The Balaban J connectivity index is 2.38. The molecular weight excluding hydrogens is 322 g/mol. The van der Waals surface area contributed by atoms with Crippen LogP contribution in [0.2, 0.25) is 0 Å². The summed E-state index contributed by atoms with van der Waals surface area (Å²) in [5, 5.41) is 10.2. The van der Waals surface area contributed by atoms with Crippen LogP contribution in [0.25, 0.3) is 12.2 Å².